The van der Waals surface area contributed by atoms with E-state index in [9.17, 15) is 4.79 Å². The number of para-hydroxylation sites is 2. The molecule has 1 aromatic carbocycles. The van der Waals surface area contributed by atoms with Gasteiger partial charge in [0, 0.05) is 6.54 Å². The van der Waals surface area contributed by atoms with E-state index in [0.717, 1.165) is 19.4 Å². The average Bonchev–Trinajstić information content (AvgIpc) is 2.45. The molecule has 0 spiro atoms. The summed E-state index contributed by atoms with van der Waals surface area (Å²) in [6.07, 6.45) is 2.08. The first-order valence-corrected chi connectivity index (χ1v) is 6.97. The van der Waals surface area contributed by atoms with Crippen LogP contribution < -0.4 is 10.1 Å². The van der Waals surface area contributed by atoms with Crippen LogP contribution in [0, 0.1) is 0 Å². The number of benzene rings is 1. The highest BCUT2D eigenvalue weighted by molar-refractivity contribution is 5.93. The molecule has 0 aliphatic carbocycles. The average molecular weight is 280 g/mol. The smallest absolute Gasteiger partial charge is 0.238 e. The van der Waals surface area contributed by atoms with Crippen molar-refractivity contribution in [3.8, 4) is 5.75 Å². The van der Waals surface area contributed by atoms with Crippen molar-refractivity contribution in [3.63, 3.8) is 0 Å². The number of ether oxygens (including phenoxy) is 1. The number of anilines is 1. The molecule has 0 fully saturated rings. The number of carbonyl (C=O) groups is 1. The predicted molar refractivity (Wildman–Crippen MR) is 80.1 cm³/mol. The van der Waals surface area contributed by atoms with Gasteiger partial charge in [0.1, 0.15) is 5.75 Å². The standard InChI is InChI=1S/C15H24N2O3/c1-3-4-9-17(10-11-18)12-15(19)16-13-7-5-6-8-14(13)20-2/h5-8,18H,3-4,9-12H2,1-2H3,(H,16,19). The molecule has 0 saturated heterocycles. The van der Waals surface area contributed by atoms with Crippen molar-refractivity contribution in [3.05, 3.63) is 24.3 Å². The second kappa shape index (κ2) is 9.34. The summed E-state index contributed by atoms with van der Waals surface area (Å²) in [6, 6.07) is 7.31. The monoisotopic (exact) mass is 280 g/mol. The quantitative estimate of drug-likeness (QED) is 0.723. The second-order valence-corrected chi connectivity index (χ2v) is 4.60. The summed E-state index contributed by atoms with van der Waals surface area (Å²) in [5, 5.41) is 11.9. The van der Waals surface area contributed by atoms with Gasteiger partial charge in [-0.2, -0.15) is 0 Å². The zero-order valence-corrected chi connectivity index (χ0v) is 12.3. The van der Waals surface area contributed by atoms with Crippen LogP contribution >= 0.6 is 0 Å². The summed E-state index contributed by atoms with van der Waals surface area (Å²) in [5.41, 5.74) is 0.666. The first-order valence-electron chi connectivity index (χ1n) is 6.97. The van der Waals surface area contributed by atoms with Crippen molar-refractivity contribution in [2.75, 3.05) is 38.7 Å². The summed E-state index contributed by atoms with van der Waals surface area (Å²) in [5.74, 6) is 0.544. The Hall–Kier alpha value is -1.59. The summed E-state index contributed by atoms with van der Waals surface area (Å²) in [7, 11) is 1.57. The van der Waals surface area contributed by atoms with Gasteiger partial charge >= 0.3 is 0 Å². The van der Waals surface area contributed by atoms with Gasteiger partial charge in [0.05, 0.1) is 25.9 Å². The van der Waals surface area contributed by atoms with Crippen molar-refractivity contribution < 1.29 is 14.6 Å². The molecule has 0 aliphatic heterocycles. The molecule has 0 bridgehead atoms. The van der Waals surface area contributed by atoms with Crippen LogP contribution in [-0.4, -0.2) is 49.3 Å². The Morgan fingerprint density at radius 1 is 1.35 bits per heavy atom. The van der Waals surface area contributed by atoms with Crippen molar-refractivity contribution in [2.45, 2.75) is 19.8 Å². The van der Waals surface area contributed by atoms with Crippen LogP contribution in [0.1, 0.15) is 19.8 Å². The van der Waals surface area contributed by atoms with Crippen molar-refractivity contribution in [1.29, 1.82) is 0 Å². The number of nitrogens with one attached hydrogen (secondary N) is 1. The van der Waals surface area contributed by atoms with Crippen LogP contribution in [0.4, 0.5) is 5.69 Å². The summed E-state index contributed by atoms with van der Waals surface area (Å²) >= 11 is 0. The van der Waals surface area contributed by atoms with Crippen LogP contribution in [0.15, 0.2) is 24.3 Å². The molecule has 0 unspecified atom stereocenters. The normalized spacial score (nSPS) is 10.6. The van der Waals surface area contributed by atoms with Crippen LogP contribution in [0.5, 0.6) is 5.75 Å². The maximum Gasteiger partial charge on any atom is 0.238 e. The van der Waals surface area contributed by atoms with Gasteiger partial charge in [-0.3, -0.25) is 9.69 Å². The van der Waals surface area contributed by atoms with Gasteiger partial charge in [-0.15, -0.1) is 0 Å². The maximum atomic E-state index is 12.0. The Morgan fingerprint density at radius 2 is 2.10 bits per heavy atom. The van der Waals surface area contributed by atoms with E-state index in [1.165, 1.54) is 0 Å². The first kappa shape index (κ1) is 16.5. The minimum absolute atomic E-state index is 0.0612. The number of rotatable bonds is 9. The highest BCUT2D eigenvalue weighted by atomic mass is 16.5. The number of nitrogens with zero attached hydrogens (tertiary/aromatic N) is 1. The second-order valence-electron chi connectivity index (χ2n) is 4.60. The van der Waals surface area contributed by atoms with Crippen LogP contribution in [0.3, 0.4) is 0 Å². The van der Waals surface area contributed by atoms with Crippen LogP contribution in [0.25, 0.3) is 0 Å². The number of hydrogen-bond donors (Lipinski definition) is 2. The third-order valence-corrected chi connectivity index (χ3v) is 2.99. The fourth-order valence-corrected chi connectivity index (χ4v) is 1.93. The Labute approximate surface area is 120 Å². The molecule has 2 N–H and O–H groups in total. The number of methoxy groups -OCH3 is 1. The van der Waals surface area contributed by atoms with Gasteiger partial charge in [0.2, 0.25) is 5.91 Å². The molecule has 0 aromatic heterocycles. The van der Waals surface area contributed by atoms with E-state index in [1.54, 1.807) is 19.2 Å². The Kier molecular flexibility index (Phi) is 7.69. The number of aliphatic hydroxyl groups excluding tert-OH is 1. The molecule has 1 aromatic rings. The molecule has 1 amide bonds. The van der Waals surface area contributed by atoms with Gasteiger partial charge in [-0.05, 0) is 25.1 Å². The molecule has 112 valence electrons. The highest BCUT2D eigenvalue weighted by Gasteiger charge is 2.11. The molecule has 0 radical (unpaired) electrons. The minimum Gasteiger partial charge on any atom is -0.495 e. The molecule has 0 aliphatic rings. The number of hydrogen-bond acceptors (Lipinski definition) is 4. The first-order chi connectivity index (χ1) is 9.71. The molecular formula is C15H24N2O3. The SMILES string of the molecule is CCCCN(CCO)CC(=O)Nc1ccccc1OC. The molecule has 0 saturated carbocycles. The molecule has 0 atom stereocenters. The lowest BCUT2D eigenvalue weighted by atomic mass is 10.3. The number of amides is 1. The van der Waals surface area contributed by atoms with E-state index in [1.807, 2.05) is 17.0 Å². The fourth-order valence-electron chi connectivity index (χ4n) is 1.93. The largest absolute Gasteiger partial charge is 0.495 e. The lowest BCUT2D eigenvalue weighted by Gasteiger charge is -2.20. The van der Waals surface area contributed by atoms with Crippen molar-refractivity contribution >= 4 is 11.6 Å². The number of aliphatic hydroxyl groups is 1. The third kappa shape index (κ3) is 5.59. The maximum absolute atomic E-state index is 12.0. The third-order valence-electron chi connectivity index (χ3n) is 2.99. The molecule has 0 heterocycles. The van der Waals surface area contributed by atoms with Crippen LogP contribution in [-0.2, 0) is 4.79 Å². The van der Waals surface area contributed by atoms with E-state index in [-0.39, 0.29) is 19.1 Å². The fraction of sp³-hybridized carbons (Fsp3) is 0.533. The van der Waals surface area contributed by atoms with Crippen molar-refractivity contribution in [2.24, 2.45) is 0 Å². The Balaban J connectivity index is 2.56. The topological polar surface area (TPSA) is 61.8 Å². The van der Waals surface area contributed by atoms with Gasteiger partial charge in [0.25, 0.3) is 0 Å². The Morgan fingerprint density at radius 3 is 2.75 bits per heavy atom. The van der Waals surface area contributed by atoms with Crippen LogP contribution in [0.2, 0.25) is 0 Å². The van der Waals surface area contributed by atoms with Gasteiger partial charge in [-0.25, -0.2) is 0 Å². The van der Waals surface area contributed by atoms with E-state index in [4.69, 9.17) is 9.84 Å². The van der Waals surface area contributed by atoms with Gasteiger partial charge < -0.3 is 15.2 Å². The zero-order chi connectivity index (χ0) is 14.8. The lowest BCUT2D eigenvalue weighted by molar-refractivity contribution is -0.117. The van der Waals surface area contributed by atoms with Gasteiger partial charge in [-0.1, -0.05) is 25.5 Å². The lowest BCUT2D eigenvalue weighted by Crippen LogP contribution is -2.36. The number of carbonyl (C=O) groups excluding carboxylic acids is 1. The predicted octanol–water partition coefficient (Wildman–Crippen LogP) is 1.73. The van der Waals surface area contributed by atoms with Gasteiger partial charge in [0.15, 0.2) is 0 Å². The molecule has 20 heavy (non-hydrogen) atoms. The molecule has 5 nitrogen and oxygen atoms in total. The van der Waals surface area contributed by atoms with E-state index < -0.39 is 0 Å². The summed E-state index contributed by atoms with van der Waals surface area (Å²) in [6.45, 7) is 3.77. The van der Waals surface area contributed by atoms with E-state index in [2.05, 4.69) is 12.2 Å². The summed E-state index contributed by atoms with van der Waals surface area (Å²) < 4.78 is 5.20. The molecular weight excluding hydrogens is 256 g/mol. The number of unbranched alkanes of at least 4 members (excludes halogenated alkanes) is 1. The highest BCUT2D eigenvalue weighted by Crippen LogP contribution is 2.22. The Bertz CT molecular complexity index is 410. The minimum atomic E-state index is -0.0981. The van der Waals surface area contributed by atoms with E-state index in [0.29, 0.717) is 18.0 Å². The summed E-state index contributed by atoms with van der Waals surface area (Å²) in [4.78, 5) is 14.0. The van der Waals surface area contributed by atoms with Crippen molar-refractivity contribution in [1.82, 2.24) is 4.90 Å². The molecule has 5 heteroatoms. The van der Waals surface area contributed by atoms with E-state index >= 15 is 0 Å². The molecule has 1 rings (SSSR count). The zero-order valence-electron chi connectivity index (χ0n) is 12.3.